The average molecular weight is 770 g/mol. The predicted octanol–water partition coefficient (Wildman–Crippen LogP) is 3.00. The van der Waals surface area contributed by atoms with E-state index in [2.05, 4.69) is 46.7 Å². The van der Waals surface area contributed by atoms with Gasteiger partial charge in [0, 0.05) is 38.9 Å². The molecule has 14 nitrogen and oxygen atoms in total. The molecule has 1 unspecified atom stereocenters. The number of urea groups is 1. The highest BCUT2D eigenvalue weighted by Gasteiger charge is 2.69. The number of nitrogens with zero attached hydrogens (tertiary/aromatic N) is 3. The molecule has 0 aromatic carbocycles. The van der Waals surface area contributed by atoms with E-state index in [1.54, 1.807) is 17.0 Å². The van der Waals surface area contributed by atoms with Crippen LogP contribution in [-0.2, 0) is 29.2 Å². The fourth-order valence-electron chi connectivity index (χ4n) is 8.32. The maximum Gasteiger partial charge on any atom is 0.315 e. The molecule has 1 aromatic rings. The lowest BCUT2D eigenvalue weighted by molar-refractivity contribution is -0.144. The van der Waals surface area contributed by atoms with Crippen molar-refractivity contribution in [2.45, 2.75) is 115 Å². The molecule has 0 bridgehead atoms. The number of carbonyl (C=O) groups excluding carboxylic acids is 5. The van der Waals surface area contributed by atoms with Crippen LogP contribution in [0.2, 0.25) is 0 Å². The van der Waals surface area contributed by atoms with Gasteiger partial charge in [-0.2, -0.15) is 4.31 Å². The van der Waals surface area contributed by atoms with Gasteiger partial charge in [-0.15, -0.1) is 6.58 Å². The molecular weight excluding hydrogens is 711 g/mol. The van der Waals surface area contributed by atoms with Crippen LogP contribution in [0.5, 0.6) is 0 Å². The standard InChI is InChI=1S/C39H59N7O7S/c1-8-19-41-35(49)33(47)27(21-24-17-18-24)42-34(48)32-30-26(39(30,5)6)22-46(32)36(50)31(25-14-10-9-11-15-25)44-37(51)43-28(38(2,3)4)23-45(7)54(52,53)29-16-12-13-20-40-29/h8,12-13,16,20,24-28,30-32H,1,9-11,14-15,17-19,21-23H2,2-7H3,(H,41,49)(H,42,48)(H2,43,44,51)/t26-,27?,28+,30-,31-,32-/m0/s1. The summed E-state index contributed by atoms with van der Waals surface area (Å²) >= 11 is 0. The van der Waals surface area contributed by atoms with Crippen molar-refractivity contribution in [1.82, 2.24) is 35.5 Å². The van der Waals surface area contributed by atoms with Crippen molar-refractivity contribution in [3.8, 4) is 0 Å². The molecule has 298 valence electrons. The first-order valence-electron chi connectivity index (χ1n) is 19.4. The van der Waals surface area contributed by atoms with Gasteiger partial charge in [0.25, 0.3) is 15.9 Å². The molecule has 0 radical (unpaired) electrons. The lowest BCUT2D eigenvalue weighted by Crippen LogP contribution is -2.61. The van der Waals surface area contributed by atoms with Gasteiger partial charge in [0.2, 0.25) is 17.6 Å². The van der Waals surface area contributed by atoms with E-state index in [0.717, 1.165) is 44.9 Å². The zero-order valence-electron chi connectivity index (χ0n) is 32.6. The number of hydrogen-bond donors (Lipinski definition) is 4. The van der Waals surface area contributed by atoms with Gasteiger partial charge < -0.3 is 26.2 Å². The van der Waals surface area contributed by atoms with Crippen molar-refractivity contribution >= 4 is 39.6 Å². The average Bonchev–Trinajstić information content (AvgIpc) is 3.99. The molecule has 1 saturated heterocycles. The van der Waals surface area contributed by atoms with E-state index in [4.69, 9.17) is 0 Å². The highest BCUT2D eigenvalue weighted by Crippen LogP contribution is 2.65. The zero-order chi connectivity index (χ0) is 39.6. The molecular formula is C39H59N7O7S. The minimum absolute atomic E-state index is 0.0446. The first-order valence-corrected chi connectivity index (χ1v) is 20.8. The highest BCUT2D eigenvalue weighted by molar-refractivity contribution is 7.89. The van der Waals surface area contributed by atoms with Crippen LogP contribution < -0.4 is 21.3 Å². The molecule has 1 aromatic heterocycles. The number of piperidine rings is 1. The van der Waals surface area contributed by atoms with Gasteiger partial charge in [0.1, 0.15) is 12.1 Å². The summed E-state index contributed by atoms with van der Waals surface area (Å²) in [6, 6.07) is 0.588. The van der Waals surface area contributed by atoms with E-state index in [-0.39, 0.29) is 53.1 Å². The van der Waals surface area contributed by atoms with Crippen LogP contribution >= 0.6 is 0 Å². The second-order valence-electron chi connectivity index (χ2n) is 17.4. The summed E-state index contributed by atoms with van der Waals surface area (Å²) in [7, 11) is -2.50. The molecule has 3 saturated carbocycles. The normalized spacial score (nSPS) is 24.1. The van der Waals surface area contributed by atoms with Crippen LogP contribution in [0.15, 0.2) is 42.1 Å². The Morgan fingerprint density at radius 2 is 1.72 bits per heavy atom. The molecule has 6 atom stereocenters. The topological polar surface area (TPSA) is 187 Å². The number of ketones is 1. The van der Waals surface area contributed by atoms with E-state index in [1.165, 1.54) is 29.7 Å². The van der Waals surface area contributed by atoms with Crippen LogP contribution in [0, 0.1) is 34.5 Å². The summed E-state index contributed by atoms with van der Waals surface area (Å²) in [6.07, 6.45) is 9.36. The molecule has 15 heteroatoms. The van der Waals surface area contributed by atoms with E-state index < -0.39 is 63.2 Å². The van der Waals surface area contributed by atoms with Gasteiger partial charge in [-0.1, -0.05) is 78.9 Å². The number of rotatable bonds is 16. The first kappa shape index (κ1) is 41.3. The third-order valence-corrected chi connectivity index (χ3v) is 13.8. The van der Waals surface area contributed by atoms with Crippen molar-refractivity contribution in [3.05, 3.63) is 37.1 Å². The summed E-state index contributed by atoms with van der Waals surface area (Å²) in [5.41, 5.74) is -0.777. The number of likely N-dealkylation sites (tertiary alicyclic amines) is 1. The number of fused-ring (bicyclic) bond motifs is 1. The SMILES string of the molecule is C=CCNC(=O)C(=O)C(CC1CC1)NC(=O)[C@@H]1[C@@H]2[C@H](CN1C(=O)[C@@H](NC(=O)N[C@H](CN(C)S(=O)(=O)c1ccccn1)C(C)(C)C)C1CCCCC1)C2(C)C. The molecule has 4 fully saturated rings. The second kappa shape index (κ2) is 16.5. The van der Waals surface area contributed by atoms with Crippen molar-refractivity contribution in [1.29, 1.82) is 0 Å². The second-order valence-corrected chi connectivity index (χ2v) is 19.3. The summed E-state index contributed by atoms with van der Waals surface area (Å²) in [5, 5.41) is 11.3. The summed E-state index contributed by atoms with van der Waals surface area (Å²) in [6.45, 7) is 13.8. The number of pyridine rings is 1. The van der Waals surface area contributed by atoms with Crippen molar-refractivity contribution in [2.75, 3.05) is 26.7 Å². The van der Waals surface area contributed by atoms with Crippen molar-refractivity contribution in [2.24, 2.45) is 34.5 Å². The Morgan fingerprint density at radius 1 is 1.04 bits per heavy atom. The lowest BCUT2D eigenvalue weighted by atomic mass is 9.83. The minimum Gasteiger partial charge on any atom is -0.346 e. The van der Waals surface area contributed by atoms with Gasteiger partial charge in [0.05, 0.1) is 6.04 Å². The van der Waals surface area contributed by atoms with Crippen LogP contribution in [-0.4, -0.2) is 103 Å². The zero-order valence-corrected chi connectivity index (χ0v) is 33.4. The number of Topliss-reactive ketones (excluding diaryl/α,β-unsaturated/α-hetero) is 1. The fourth-order valence-corrected chi connectivity index (χ4v) is 9.43. The Kier molecular flexibility index (Phi) is 12.6. The summed E-state index contributed by atoms with van der Waals surface area (Å²) < 4.78 is 27.8. The number of sulfonamides is 1. The maximum atomic E-state index is 14.7. The van der Waals surface area contributed by atoms with Crippen molar-refractivity contribution in [3.63, 3.8) is 0 Å². The maximum absolute atomic E-state index is 14.7. The number of nitrogens with one attached hydrogen (secondary N) is 4. The molecule has 3 aliphatic carbocycles. The molecule has 1 aliphatic heterocycles. The Balaban J connectivity index is 1.35. The van der Waals surface area contributed by atoms with E-state index in [1.807, 2.05) is 20.8 Å². The third-order valence-electron chi connectivity index (χ3n) is 12.1. The van der Waals surface area contributed by atoms with Crippen LogP contribution in [0.4, 0.5) is 4.79 Å². The molecule has 5 amide bonds. The number of aromatic nitrogens is 1. The van der Waals surface area contributed by atoms with Gasteiger partial charge in [-0.25, -0.2) is 18.2 Å². The lowest BCUT2D eigenvalue weighted by Gasteiger charge is -2.38. The van der Waals surface area contributed by atoms with Crippen LogP contribution in [0.25, 0.3) is 0 Å². The molecule has 54 heavy (non-hydrogen) atoms. The number of hydrogen-bond acceptors (Lipinski definition) is 8. The Bertz CT molecular complexity index is 1690. The van der Waals surface area contributed by atoms with Gasteiger partial charge in [-0.05, 0) is 65.9 Å². The van der Waals surface area contributed by atoms with Gasteiger partial charge in [-0.3, -0.25) is 19.2 Å². The number of carbonyl (C=O) groups is 5. The molecule has 4 N–H and O–H groups in total. The van der Waals surface area contributed by atoms with Crippen LogP contribution in [0.1, 0.15) is 86.0 Å². The fraction of sp³-hybridized carbons (Fsp3) is 0.692. The van der Waals surface area contributed by atoms with E-state index >= 15 is 0 Å². The third kappa shape index (κ3) is 9.32. The Hall–Kier alpha value is -3.85. The monoisotopic (exact) mass is 769 g/mol. The van der Waals surface area contributed by atoms with Gasteiger partial charge in [0.15, 0.2) is 5.03 Å². The quantitative estimate of drug-likeness (QED) is 0.146. The van der Waals surface area contributed by atoms with Crippen molar-refractivity contribution < 1.29 is 32.4 Å². The molecule has 0 spiro atoms. The molecule has 4 aliphatic rings. The smallest absolute Gasteiger partial charge is 0.315 e. The first-order chi connectivity index (χ1) is 25.4. The largest absolute Gasteiger partial charge is 0.346 e. The van der Waals surface area contributed by atoms with Crippen LogP contribution in [0.3, 0.4) is 0 Å². The predicted molar refractivity (Wildman–Crippen MR) is 203 cm³/mol. The highest BCUT2D eigenvalue weighted by atomic mass is 32.2. The van der Waals surface area contributed by atoms with E-state index in [9.17, 15) is 32.4 Å². The number of amides is 5. The molecule has 2 heterocycles. The number of likely N-dealkylation sites (N-methyl/N-ethyl adjacent to an activating group) is 1. The summed E-state index contributed by atoms with van der Waals surface area (Å²) in [5.74, 6) is -2.32. The Morgan fingerprint density at radius 3 is 2.31 bits per heavy atom. The van der Waals surface area contributed by atoms with Gasteiger partial charge >= 0.3 is 6.03 Å². The van der Waals surface area contributed by atoms with E-state index in [0.29, 0.717) is 13.0 Å². The minimum atomic E-state index is -3.94. The Labute approximate surface area is 320 Å². The molecule has 5 rings (SSSR count). The summed E-state index contributed by atoms with van der Waals surface area (Å²) in [4.78, 5) is 74.4.